The Bertz CT molecular complexity index is 640. The van der Waals surface area contributed by atoms with Gasteiger partial charge >= 0.3 is 7.12 Å². The normalized spacial score (nSPS) is 25.3. The highest BCUT2D eigenvalue weighted by molar-refractivity contribution is 6.62. The molecule has 1 aromatic carbocycles. The molecule has 0 saturated carbocycles. The molecule has 1 aromatic rings. The quantitative estimate of drug-likeness (QED) is 0.783. The number of aryl methyl sites for hydroxylation is 1. The average Bonchev–Trinajstić information content (AvgIpc) is 3.00. The minimum atomic E-state index is -0.432. The van der Waals surface area contributed by atoms with Gasteiger partial charge in [-0.25, -0.2) is 0 Å². The second-order valence-corrected chi connectivity index (χ2v) is 8.15. The van der Waals surface area contributed by atoms with Gasteiger partial charge in [0.2, 0.25) is 0 Å². The predicted molar refractivity (Wildman–Crippen MR) is 96.6 cm³/mol. The zero-order chi connectivity index (χ0) is 17.7. The highest BCUT2D eigenvalue weighted by atomic mass is 16.7. The van der Waals surface area contributed by atoms with Gasteiger partial charge in [-0.3, -0.25) is 4.79 Å². The number of benzene rings is 1. The van der Waals surface area contributed by atoms with Crippen LogP contribution in [0.15, 0.2) is 18.2 Å². The molecule has 130 valence electrons. The maximum absolute atomic E-state index is 12.8. The highest BCUT2D eigenvalue weighted by Crippen LogP contribution is 2.36. The van der Waals surface area contributed by atoms with Crippen LogP contribution in [0, 0.1) is 6.92 Å². The van der Waals surface area contributed by atoms with E-state index in [2.05, 4.69) is 6.92 Å². The summed E-state index contributed by atoms with van der Waals surface area (Å²) in [5, 5.41) is 0. The smallest absolute Gasteiger partial charge is 0.399 e. The van der Waals surface area contributed by atoms with Crippen LogP contribution in [0.25, 0.3) is 0 Å². The maximum atomic E-state index is 12.8. The molecule has 0 aromatic heterocycles. The Morgan fingerprint density at radius 3 is 2.38 bits per heavy atom. The summed E-state index contributed by atoms with van der Waals surface area (Å²) < 4.78 is 12.3. The van der Waals surface area contributed by atoms with Gasteiger partial charge in [-0.1, -0.05) is 11.6 Å². The van der Waals surface area contributed by atoms with Crippen molar-refractivity contribution >= 4 is 18.5 Å². The molecule has 2 aliphatic heterocycles. The van der Waals surface area contributed by atoms with Crippen molar-refractivity contribution in [2.45, 2.75) is 71.6 Å². The van der Waals surface area contributed by atoms with Crippen LogP contribution < -0.4 is 5.46 Å². The van der Waals surface area contributed by atoms with Gasteiger partial charge in [0.1, 0.15) is 0 Å². The van der Waals surface area contributed by atoms with Gasteiger partial charge in [0.25, 0.3) is 5.91 Å². The molecule has 1 amide bonds. The van der Waals surface area contributed by atoms with Crippen molar-refractivity contribution in [1.29, 1.82) is 0 Å². The van der Waals surface area contributed by atoms with E-state index in [-0.39, 0.29) is 17.1 Å². The minimum Gasteiger partial charge on any atom is -0.399 e. The summed E-state index contributed by atoms with van der Waals surface area (Å²) in [5.41, 5.74) is 1.99. The van der Waals surface area contributed by atoms with E-state index in [9.17, 15) is 4.79 Å². The molecular weight excluding hydrogens is 301 g/mol. The fourth-order valence-electron chi connectivity index (χ4n) is 3.40. The number of rotatable bonds is 2. The van der Waals surface area contributed by atoms with E-state index >= 15 is 0 Å². The van der Waals surface area contributed by atoms with Gasteiger partial charge in [0, 0.05) is 18.2 Å². The fourth-order valence-corrected chi connectivity index (χ4v) is 3.40. The van der Waals surface area contributed by atoms with Gasteiger partial charge in [-0.05, 0) is 72.0 Å². The topological polar surface area (TPSA) is 38.8 Å². The van der Waals surface area contributed by atoms with Crippen LogP contribution in [-0.2, 0) is 9.31 Å². The summed E-state index contributed by atoms with van der Waals surface area (Å²) in [6, 6.07) is 6.18. The summed E-state index contributed by atoms with van der Waals surface area (Å²) >= 11 is 0. The van der Waals surface area contributed by atoms with E-state index in [1.807, 2.05) is 57.7 Å². The summed E-state index contributed by atoms with van der Waals surface area (Å²) in [6.45, 7) is 13.2. The van der Waals surface area contributed by atoms with Crippen LogP contribution in [0.2, 0.25) is 0 Å². The third-order valence-electron chi connectivity index (χ3n) is 5.85. The van der Waals surface area contributed by atoms with Crippen molar-refractivity contribution in [3.05, 3.63) is 29.3 Å². The van der Waals surface area contributed by atoms with Crippen molar-refractivity contribution in [2.75, 3.05) is 6.54 Å². The molecule has 0 N–H and O–H groups in total. The minimum absolute atomic E-state index is 0.109. The molecule has 0 aliphatic carbocycles. The third kappa shape index (κ3) is 2.88. The maximum Gasteiger partial charge on any atom is 0.495 e. The first-order valence-electron chi connectivity index (χ1n) is 8.89. The first-order chi connectivity index (χ1) is 11.1. The zero-order valence-electron chi connectivity index (χ0n) is 15.7. The number of carbonyl (C=O) groups is 1. The Balaban J connectivity index is 1.89. The van der Waals surface area contributed by atoms with Gasteiger partial charge in [-0.2, -0.15) is 0 Å². The lowest BCUT2D eigenvalue weighted by Crippen LogP contribution is -2.41. The molecule has 5 heteroatoms. The van der Waals surface area contributed by atoms with E-state index in [4.69, 9.17) is 9.31 Å². The van der Waals surface area contributed by atoms with E-state index < -0.39 is 7.12 Å². The predicted octanol–water partition coefficient (Wildman–Crippen LogP) is 2.92. The molecule has 24 heavy (non-hydrogen) atoms. The van der Waals surface area contributed by atoms with Crippen LogP contribution in [0.1, 0.15) is 63.4 Å². The van der Waals surface area contributed by atoms with E-state index in [1.54, 1.807) is 0 Å². The van der Waals surface area contributed by atoms with Crippen LogP contribution >= 0.6 is 0 Å². The first kappa shape index (κ1) is 17.5. The van der Waals surface area contributed by atoms with Crippen molar-refractivity contribution in [3.63, 3.8) is 0 Å². The van der Waals surface area contributed by atoms with Crippen molar-refractivity contribution in [3.8, 4) is 0 Å². The average molecular weight is 329 g/mol. The number of nitrogens with zero attached hydrogens (tertiary/aromatic N) is 1. The third-order valence-corrected chi connectivity index (χ3v) is 5.85. The molecule has 4 nitrogen and oxygen atoms in total. The Morgan fingerprint density at radius 2 is 1.83 bits per heavy atom. The van der Waals surface area contributed by atoms with Crippen LogP contribution in [0.4, 0.5) is 0 Å². The fraction of sp³-hybridized carbons (Fsp3) is 0.632. The number of likely N-dealkylation sites (tertiary alicyclic amines) is 1. The van der Waals surface area contributed by atoms with Crippen molar-refractivity contribution in [1.82, 2.24) is 4.90 Å². The Morgan fingerprint density at radius 1 is 1.21 bits per heavy atom. The van der Waals surface area contributed by atoms with Gasteiger partial charge < -0.3 is 14.2 Å². The highest BCUT2D eigenvalue weighted by Gasteiger charge is 2.52. The summed E-state index contributed by atoms with van der Waals surface area (Å²) in [5.74, 6) is 0.109. The summed E-state index contributed by atoms with van der Waals surface area (Å²) in [7, 11) is -0.432. The second kappa shape index (κ2) is 5.89. The molecule has 2 heterocycles. The van der Waals surface area contributed by atoms with Crippen LogP contribution in [0.3, 0.4) is 0 Å². The van der Waals surface area contributed by atoms with E-state index in [0.717, 1.165) is 36.0 Å². The molecule has 0 spiro atoms. The monoisotopic (exact) mass is 329 g/mol. The molecule has 2 saturated heterocycles. The SMILES string of the molecule is Cc1ccc(C(=O)N2CCC[C@H]2C)cc1B1OC(C)(C)C(C)(C)O1. The number of carbonyl (C=O) groups excluding carboxylic acids is 1. The first-order valence-corrected chi connectivity index (χ1v) is 8.89. The lowest BCUT2D eigenvalue weighted by Gasteiger charge is -2.32. The molecule has 2 aliphatic rings. The Labute approximate surface area is 145 Å². The molecule has 0 bridgehead atoms. The molecule has 0 radical (unpaired) electrons. The van der Waals surface area contributed by atoms with Crippen LogP contribution in [0.5, 0.6) is 0 Å². The van der Waals surface area contributed by atoms with Gasteiger partial charge in [0.05, 0.1) is 11.2 Å². The summed E-state index contributed by atoms with van der Waals surface area (Å²) in [6.07, 6.45) is 2.17. The van der Waals surface area contributed by atoms with E-state index in [1.165, 1.54) is 0 Å². The molecule has 3 rings (SSSR count). The standard InChI is InChI=1S/C19H28BNO3/c1-13-9-10-15(17(22)21-11-7-8-14(21)2)12-16(13)20-23-18(3,4)19(5,6)24-20/h9-10,12,14H,7-8,11H2,1-6H3/t14-/m1/s1. The van der Waals surface area contributed by atoms with Crippen molar-refractivity contribution < 1.29 is 14.1 Å². The lowest BCUT2D eigenvalue weighted by atomic mass is 9.75. The van der Waals surface area contributed by atoms with Crippen molar-refractivity contribution in [2.24, 2.45) is 0 Å². The molecule has 0 unspecified atom stereocenters. The number of amides is 1. The second-order valence-electron chi connectivity index (χ2n) is 8.15. The molecule has 1 atom stereocenters. The molecule has 2 fully saturated rings. The van der Waals surface area contributed by atoms with E-state index in [0.29, 0.717) is 6.04 Å². The van der Waals surface area contributed by atoms with Gasteiger partial charge in [-0.15, -0.1) is 0 Å². The molecular formula is C19H28BNO3. The Hall–Kier alpha value is -1.33. The Kier molecular flexibility index (Phi) is 4.29. The zero-order valence-corrected chi connectivity index (χ0v) is 15.7. The van der Waals surface area contributed by atoms with Crippen LogP contribution in [-0.4, -0.2) is 41.7 Å². The lowest BCUT2D eigenvalue weighted by molar-refractivity contribution is 0.00578. The number of hydrogen-bond acceptors (Lipinski definition) is 3. The number of hydrogen-bond donors (Lipinski definition) is 0. The summed E-state index contributed by atoms with van der Waals surface area (Å²) in [4.78, 5) is 14.8. The van der Waals surface area contributed by atoms with Gasteiger partial charge in [0.15, 0.2) is 0 Å². The largest absolute Gasteiger partial charge is 0.495 e.